The van der Waals surface area contributed by atoms with Crippen molar-refractivity contribution in [3.05, 3.63) is 52.6 Å². The zero-order valence-corrected chi connectivity index (χ0v) is 25.0. The molecule has 4 aliphatic carbocycles. The number of carbonyl (C=O) groups excluding carboxylic acids is 1. The second-order valence-electron chi connectivity index (χ2n) is 13.2. The van der Waals surface area contributed by atoms with Crippen LogP contribution in [0, 0.1) is 40.4 Å². The van der Waals surface area contributed by atoms with Crippen LogP contribution < -0.4 is 4.90 Å². The Bertz CT molecular complexity index is 1380. The van der Waals surface area contributed by atoms with Crippen molar-refractivity contribution in [3.8, 4) is 11.8 Å². The molecule has 218 valence electrons. The SMILES string of the molecule is CC#C[C@]1([C@H](CC(=O)O)C(=O)O)CCC2C3CCC4=CC(=O)CCC4=C3[C@@H](c3ccc(N(C)C(C)C)cc3)C[C@@]21C. The molecule has 41 heavy (non-hydrogen) atoms. The van der Waals surface area contributed by atoms with Crippen LogP contribution in [0.4, 0.5) is 5.69 Å². The molecule has 0 radical (unpaired) electrons. The number of anilines is 1. The zero-order valence-electron chi connectivity index (χ0n) is 25.0. The fourth-order valence-electron chi connectivity index (χ4n) is 8.99. The highest BCUT2D eigenvalue weighted by atomic mass is 16.4. The standard InChI is InChI=1S/C35H43NO5/c1-6-16-35(30(33(40)41)19-31(38)39)17-15-29-27-13-9-23-18-25(37)12-14-26(23)32(27)28(20-34(29,35)4)22-7-10-24(11-8-22)36(5)21(2)3/h7-8,10-11,18,21,27-30H,9,12-15,17,19-20H2,1-5H3,(H,38,39)(H,40,41)/t27?,28-,29?,30-,34+,35-/m1/s1. The van der Waals surface area contributed by atoms with Gasteiger partial charge < -0.3 is 15.1 Å². The summed E-state index contributed by atoms with van der Waals surface area (Å²) >= 11 is 0. The van der Waals surface area contributed by atoms with E-state index in [2.05, 4.69) is 68.8 Å². The number of carboxylic acids is 2. The van der Waals surface area contributed by atoms with E-state index in [1.807, 2.05) is 6.08 Å². The van der Waals surface area contributed by atoms with Crippen LogP contribution in [-0.4, -0.2) is 41.0 Å². The smallest absolute Gasteiger partial charge is 0.308 e. The van der Waals surface area contributed by atoms with E-state index < -0.39 is 35.1 Å². The predicted octanol–water partition coefficient (Wildman–Crippen LogP) is 6.62. The lowest BCUT2D eigenvalue weighted by molar-refractivity contribution is -0.156. The van der Waals surface area contributed by atoms with Crippen molar-refractivity contribution in [1.29, 1.82) is 0 Å². The van der Waals surface area contributed by atoms with Gasteiger partial charge in [0.05, 0.1) is 17.8 Å². The Hall–Kier alpha value is -3.33. The second-order valence-corrected chi connectivity index (χ2v) is 13.2. The van der Waals surface area contributed by atoms with E-state index in [0.29, 0.717) is 25.3 Å². The molecule has 0 bridgehead atoms. The molecular weight excluding hydrogens is 514 g/mol. The molecule has 2 fully saturated rings. The van der Waals surface area contributed by atoms with Gasteiger partial charge in [-0.05, 0) is 111 Å². The quantitative estimate of drug-likeness (QED) is 0.366. The lowest BCUT2D eigenvalue weighted by Crippen LogP contribution is -2.52. The summed E-state index contributed by atoms with van der Waals surface area (Å²) in [6.07, 6.45) is 6.65. The van der Waals surface area contributed by atoms with Gasteiger partial charge >= 0.3 is 11.9 Å². The van der Waals surface area contributed by atoms with Gasteiger partial charge in [-0.3, -0.25) is 14.4 Å². The van der Waals surface area contributed by atoms with Gasteiger partial charge in [0, 0.05) is 31.1 Å². The van der Waals surface area contributed by atoms with Crippen molar-refractivity contribution < 1.29 is 24.6 Å². The van der Waals surface area contributed by atoms with Crippen LogP contribution in [0.5, 0.6) is 0 Å². The molecule has 0 heterocycles. The van der Waals surface area contributed by atoms with Crippen molar-refractivity contribution >= 4 is 23.4 Å². The molecule has 2 saturated carbocycles. The molecule has 0 amide bonds. The number of aliphatic carboxylic acids is 2. The first-order valence-corrected chi connectivity index (χ1v) is 15.1. The number of ketones is 1. The number of allylic oxidation sites excluding steroid dienone is 4. The van der Waals surface area contributed by atoms with Gasteiger partial charge in [0.2, 0.25) is 0 Å². The fraction of sp³-hybridized carbons (Fsp3) is 0.571. The molecule has 2 unspecified atom stereocenters. The zero-order chi connectivity index (χ0) is 29.7. The number of hydrogen-bond acceptors (Lipinski definition) is 4. The third kappa shape index (κ3) is 4.72. The highest BCUT2D eigenvalue weighted by Crippen LogP contribution is 2.71. The molecule has 6 heteroatoms. The Balaban J connectivity index is 1.69. The maximum Gasteiger partial charge on any atom is 0.308 e. The van der Waals surface area contributed by atoms with Gasteiger partial charge in [-0.2, -0.15) is 0 Å². The molecule has 1 aromatic carbocycles. The Morgan fingerprint density at radius 1 is 1.10 bits per heavy atom. The van der Waals surface area contributed by atoms with Gasteiger partial charge in [0.1, 0.15) is 0 Å². The summed E-state index contributed by atoms with van der Waals surface area (Å²) < 4.78 is 0. The van der Waals surface area contributed by atoms with Gasteiger partial charge in [-0.15, -0.1) is 5.92 Å². The summed E-state index contributed by atoms with van der Waals surface area (Å²) in [5.41, 5.74) is 4.90. The van der Waals surface area contributed by atoms with Crippen LogP contribution >= 0.6 is 0 Å². The number of carboxylic acid groups (broad SMARTS) is 2. The largest absolute Gasteiger partial charge is 0.481 e. The summed E-state index contributed by atoms with van der Waals surface area (Å²) in [7, 11) is 2.09. The summed E-state index contributed by atoms with van der Waals surface area (Å²) in [6, 6.07) is 9.14. The maximum atomic E-state index is 12.7. The third-order valence-corrected chi connectivity index (χ3v) is 11.1. The van der Waals surface area contributed by atoms with Crippen LogP contribution in [0.2, 0.25) is 0 Å². The number of fused-ring (bicyclic) bond motifs is 4. The summed E-state index contributed by atoms with van der Waals surface area (Å²) in [4.78, 5) is 39.3. The third-order valence-electron chi connectivity index (χ3n) is 11.1. The Morgan fingerprint density at radius 2 is 1.80 bits per heavy atom. The number of nitrogens with zero attached hydrogens (tertiary/aromatic N) is 1. The Labute approximate surface area is 243 Å². The number of benzene rings is 1. The molecule has 0 spiro atoms. The minimum Gasteiger partial charge on any atom is -0.481 e. The van der Waals surface area contributed by atoms with E-state index in [9.17, 15) is 24.6 Å². The first-order valence-electron chi connectivity index (χ1n) is 15.1. The van der Waals surface area contributed by atoms with Crippen molar-refractivity contribution in [3.63, 3.8) is 0 Å². The number of carbonyl (C=O) groups is 3. The van der Waals surface area contributed by atoms with Gasteiger partial charge in [0.25, 0.3) is 0 Å². The maximum absolute atomic E-state index is 12.7. The van der Waals surface area contributed by atoms with Gasteiger partial charge in [-0.1, -0.05) is 30.6 Å². The molecule has 0 aromatic heterocycles. The first-order chi connectivity index (χ1) is 19.4. The molecule has 6 nitrogen and oxygen atoms in total. The van der Waals surface area contributed by atoms with Crippen LogP contribution in [0.15, 0.2) is 47.1 Å². The van der Waals surface area contributed by atoms with Crippen LogP contribution in [0.25, 0.3) is 0 Å². The molecule has 5 rings (SSSR count). The molecule has 4 aliphatic rings. The highest BCUT2D eigenvalue weighted by molar-refractivity contribution is 5.93. The fourth-order valence-corrected chi connectivity index (χ4v) is 8.99. The van der Waals surface area contributed by atoms with E-state index in [-0.39, 0.29) is 23.5 Å². The summed E-state index contributed by atoms with van der Waals surface area (Å²) in [5, 5.41) is 20.2. The molecule has 1 aromatic rings. The van der Waals surface area contributed by atoms with E-state index in [1.54, 1.807) is 6.92 Å². The summed E-state index contributed by atoms with van der Waals surface area (Å²) in [5.74, 6) is 3.92. The molecule has 6 atom stereocenters. The molecule has 0 aliphatic heterocycles. The van der Waals surface area contributed by atoms with Crippen LogP contribution in [0.1, 0.15) is 90.5 Å². The van der Waals surface area contributed by atoms with E-state index in [0.717, 1.165) is 31.4 Å². The average Bonchev–Trinajstić information content (AvgIpc) is 3.22. The predicted molar refractivity (Wildman–Crippen MR) is 160 cm³/mol. The van der Waals surface area contributed by atoms with E-state index in [1.165, 1.54) is 22.3 Å². The van der Waals surface area contributed by atoms with Crippen molar-refractivity contribution in [2.75, 3.05) is 11.9 Å². The monoisotopic (exact) mass is 557 g/mol. The van der Waals surface area contributed by atoms with Gasteiger partial charge in [-0.25, -0.2) is 0 Å². The normalized spacial score (nSPS) is 31.3. The topological polar surface area (TPSA) is 94.9 Å². The van der Waals surface area contributed by atoms with Crippen molar-refractivity contribution in [2.45, 2.75) is 91.0 Å². The first kappa shape index (κ1) is 29.2. The summed E-state index contributed by atoms with van der Waals surface area (Å²) in [6.45, 7) is 8.28. The lowest BCUT2D eigenvalue weighted by Gasteiger charge is -2.56. The highest BCUT2D eigenvalue weighted by Gasteiger charge is 2.66. The van der Waals surface area contributed by atoms with Crippen molar-refractivity contribution in [2.24, 2.45) is 28.6 Å². The van der Waals surface area contributed by atoms with E-state index >= 15 is 0 Å². The van der Waals surface area contributed by atoms with Crippen LogP contribution in [-0.2, 0) is 14.4 Å². The molecular formula is C35H43NO5. The lowest BCUT2D eigenvalue weighted by atomic mass is 9.46. The number of rotatable bonds is 7. The second kappa shape index (κ2) is 10.8. The minimum atomic E-state index is -1.10. The Kier molecular flexibility index (Phi) is 7.70. The van der Waals surface area contributed by atoms with Crippen molar-refractivity contribution in [1.82, 2.24) is 0 Å². The molecule has 2 N–H and O–H groups in total. The minimum absolute atomic E-state index is 0.0574. The Morgan fingerprint density at radius 3 is 2.41 bits per heavy atom. The van der Waals surface area contributed by atoms with Crippen LogP contribution in [0.3, 0.4) is 0 Å². The average molecular weight is 558 g/mol. The molecule has 0 saturated heterocycles. The van der Waals surface area contributed by atoms with E-state index in [4.69, 9.17) is 0 Å². The van der Waals surface area contributed by atoms with Gasteiger partial charge in [0.15, 0.2) is 5.78 Å². The number of hydrogen-bond donors (Lipinski definition) is 2.